The van der Waals surface area contributed by atoms with Crippen LogP contribution in [-0.4, -0.2) is 15.0 Å². The van der Waals surface area contributed by atoms with Crippen LogP contribution in [-0.2, 0) is 0 Å². The van der Waals surface area contributed by atoms with Gasteiger partial charge in [0.05, 0.1) is 0 Å². The van der Waals surface area contributed by atoms with Gasteiger partial charge < -0.3 is 8.83 Å². The molecule has 0 bridgehead atoms. The van der Waals surface area contributed by atoms with Crippen molar-refractivity contribution in [2.24, 2.45) is 0 Å². The summed E-state index contributed by atoms with van der Waals surface area (Å²) in [7, 11) is 0. The summed E-state index contributed by atoms with van der Waals surface area (Å²) in [6.45, 7) is 0. The molecule has 6 aromatic carbocycles. The Morgan fingerprint density at radius 3 is 1.55 bits per heavy atom. The molecule has 0 amide bonds. The number of furan rings is 2. The van der Waals surface area contributed by atoms with Gasteiger partial charge in [0.2, 0.25) is 0 Å². The maximum Gasteiger partial charge on any atom is 0.164 e. The van der Waals surface area contributed by atoms with E-state index in [9.17, 15) is 0 Å². The predicted molar refractivity (Wildman–Crippen MR) is 176 cm³/mol. The summed E-state index contributed by atoms with van der Waals surface area (Å²) in [6, 6.07) is 46.9. The average Bonchev–Trinajstić information content (AvgIpc) is 3.67. The second kappa shape index (κ2) is 9.75. The maximum atomic E-state index is 6.42. The summed E-state index contributed by atoms with van der Waals surface area (Å²) < 4.78 is 12.6. The number of rotatable bonds is 4. The Labute approximate surface area is 252 Å². The second-order valence-corrected chi connectivity index (χ2v) is 10.8. The Bertz CT molecular complexity index is 2500. The Hall–Kier alpha value is -6.07. The monoisotopic (exact) mass is 565 g/mol. The Morgan fingerprint density at radius 2 is 0.864 bits per heavy atom. The van der Waals surface area contributed by atoms with Crippen LogP contribution in [0.2, 0.25) is 0 Å². The van der Waals surface area contributed by atoms with Crippen LogP contribution in [0.15, 0.2) is 148 Å². The van der Waals surface area contributed by atoms with Gasteiger partial charge in [0.1, 0.15) is 22.3 Å². The lowest BCUT2D eigenvalue weighted by atomic mass is 10.0. The zero-order chi connectivity index (χ0) is 29.0. The van der Waals surface area contributed by atoms with Crippen molar-refractivity contribution in [2.45, 2.75) is 0 Å². The first-order valence-electron chi connectivity index (χ1n) is 14.5. The van der Waals surface area contributed by atoms with E-state index in [0.29, 0.717) is 17.5 Å². The van der Waals surface area contributed by atoms with Crippen molar-refractivity contribution in [3.8, 4) is 45.3 Å². The molecule has 9 rings (SSSR count). The fraction of sp³-hybridized carbons (Fsp3) is 0. The van der Waals surface area contributed by atoms with Crippen LogP contribution in [0.1, 0.15) is 0 Å². The minimum atomic E-state index is 0.582. The highest BCUT2D eigenvalue weighted by Gasteiger charge is 2.20. The molecule has 9 aromatic rings. The minimum absolute atomic E-state index is 0.582. The van der Waals surface area contributed by atoms with E-state index in [4.69, 9.17) is 23.8 Å². The molecule has 0 atom stereocenters. The molecule has 0 saturated carbocycles. The Kier molecular flexibility index (Phi) is 5.43. The van der Waals surface area contributed by atoms with Crippen molar-refractivity contribution in [3.05, 3.63) is 140 Å². The molecule has 0 radical (unpaired) electrons. The lowest BCUT2D eigenvalue weighted by Gasteiger charge is -2.10. The van der Waals surface area contributed by atoms with Crippen molar-refractivity contribution in [3.63, 3.8) is 0 Å². The summed E-state index contributed by atoms with van der Waals surface area (Å²) in [6.07, 6.45) is 0. The fourth-order valence-electron chi connectivity index (χ4n) is 6.12. The molecule has 0 spiro atoms. The van der Waals surface area contributed by atoms with Crippen molar-refractivity contribution in [2.75, 3.05) is 0 Å². The van der Waals surface area contributed by atoms with Gasteiger partial charge in [-0.1, -0.05) is 109 Å². The number of aromatic nitrogens is 3. The summed E-state index contributed by atoms with van der Waals surface area (Å²) in [5.41, 5.74) is 8.18. The summed E-state index contributed by atoms with van der Waals surface area (Å²) in [5, 5.41) is 4.00. The topological polar surface area (TPSA) is 65.0 Å². The van der Waals surface area contributed by atoms with Crippen LogP contribution < -0.4 is 0 Å². The quantitative estimate of drug-likeness (QED) is 0.212. The van der Waals surface area contributed by atoms with Gasteiger partial charge in [-0.3, -0.25) is 0 Å². The molecular formula is C39H23N3O2. The maximum absolute atomic E-state index is 6.42. The first-order chi connectivity index (χ1) is 21.8. The standard InChI is InChI=1S/C39H23N3O2/c1-3-11-24(12-4-1)26-21-22-28-34(23-26)44-33-20-10-17-30(36(28)33)39-41-37(25-13-5-2-6-14-25)40-38(42-39)29-16-9-19-32-35(29)27-15-7-8-18-31(27)43-32/h1-23H. The van der Waals surface area contributed by atoms with Crippen LogP contribution in [0.4, 0.5) is 0 Å². The van der Waals surface area contributed by atoms with Crippen molar-refractivity contribution in [1.82, 2.24) is 15.0 Å². The molecule has 44 heavy (non-hydrogen) atoms. The van der Waals surface area contributed by atoms with Crippen LogP contribution in [0.3, 0.4) is 0 Å². The largest absolute Gasteiger partial charge is 0.456 e. The molecule has 0 fully saturated rings. The number of nitrogens with zero attached hydrogens (tertiary/aromatic N) is 3. The molecule has 0 saturated heterocycles. The predicted octanol–water partition coefficient (Wildman–Crippen LogP) is 10.3. The summed E-state index contributed by atoms with van der Waals surface area (Å²) >= 11 is 0. The summed E-state index contributed by atoms with van der Waals surface area (Å²) in [4.78, 5) is 15.2. The highest BCUT2D eigenvalue weighted by atomic mass is 16.3. The molecule has 3 heterocycles. The van der Waals surface area contributed by atoms with Crippen LogP contribution in [0.25, 0.3) is 89.2 Å². The molecular weight excluding hydrogens is 542 g/mol. The van der Waals surface area contributed by atoms with Crippen LogP contribution >= 0.6 is 0 Å². The van der Waals surface area contributed by atoms with E-state index < -0.39 is 0 Å². The number of benzene rings is 6. The van der Waals surface area contributed by atoms with Crippen molar-refractivity contribution in [1.29, 1.82) is 0 Å². The van der Waals surface area contributed by atoms with E-state index in [0.717, 1.165) is 71.7 Å². The fourth-order valence-corrected chi connectivity index (χ4v) is 6.12. The van der Waals surface area contributed by atoms with Crippen molar-refractivity contribution >= 4 is 43.9 Å². The van der Waals surface area contributed by atoms with Crippen LogP contribution in [0.5, 0.6) is 0 Å². The molecule has 5 heteroatoms. The first-order valence-corrected chi connectivity index (χ1v) is 14.5. The Balaban J connectivity index is 1.30. The van der Waals surface area contributed by atoms with Gasteiger partial charge in [-0.25, -0.2) is 15.0 Å². The van der Waals surface area contributed by atoms with E-state index in [2.05, 4.69) is 48.5 Å². The first kappa shape index (κ1) is 24.5. The number of fused-ring (bicyclic) bond motifs is 6. The zero-order valence-electron chi connectivity index (χ0n) is 23.4. The smallest absolute Gasteiger partial charge is 0.164 e. The molecule has 0 unspecified atom stereocenters. The van der Waals surface area contributed by atoms with E-state index in [1.807, 2.05) is 91.0 Å². The van der Waals surface area contributed by atoms with Gasteiger partial charge >= 0.3 is 0 Å². The third-order valence-electron chi connectivity index (χ3n) is 8.16. The number of hydrogen-bond donors (Lipinski definition) is 0. The highest BCUT2D eigenvalue weighted by molar-refractivity contribution is 6.13. The molecule has 0 aliphatic rings. The lowest BCUT2D eigenvalue weighted by Crippen LogP contribution is -2.00. The van der Waals surface area contributed by atoms with Crippen molar-refractivity contribution < 1.29 is 8.83 Å². The van der Waals surface area contributed by atoms with Gasteiger partial charge in [-0.05, 0) is 41.5 Å². The molecule has 0 N–H and O–H groups in total. The van der Waals surface area contributed by atoms with E-state index >= 15 is 0 Å². The average molecular weight is 566 g/mol. The second-order valence-electron chi connectivity index (χ2n) is 10.8. The zero-order valence-corrected chi connectivity index (χ0v) is 23.4. The minimum Gasteiger partial charge on any atom is -0.456 e. The SMILES string of the molecule is c1ccc(-c2ccc3c(c2)oc2cccc(-c4nc(-c5ccccc5)nc(-c5cccc6oc7ccccc7c56)n4)c23)cc1. The van der Waals surface area contributed by atoms with E-state index in [1.165, 1.54) is 0 Å². The molecule has 5 nitrogen and oxygen atoms in total. The third-order valence-corrected chi connectivity index (χ3v) is 8.16. The van der Waals surface area contributed by atoms with Gasteiger partial charge in [-0.15, -0.1) is 0 Å². The van der Waals surface area contributed by atoms with Crippen LogP contribution in [0, 0.1) is 0 Å². The number of para-hydroxylation sites is 1. The Morgan fingerprint density at radius 1 is 0.341 bits per heavy atom. The third kappa shape index (κ3) is 3.91. The molecule has 0 aliphatic carbocycles. The lowest BCUT2D eigenvalue weighted by molar-refractivity contribution is 0.668. The van der Waals surface area contributed by atoms with E-state index in [-0.39, 0.29) is 0 Å². The highest BCUT2D eigenvalue weighted by Crippen LogP contribution is 2.40. The van der Waals surface area contributed by atoms with E-state index in [1.54, 1.807) is 0 Å². The molecule has 3 aromatic heterocycles. The van der Waals surface area contributed by atoms with Gasteiger partial charge in [0.15, 0.2) is 17.5 Å². The van der Waals surface area contributed by atoms with Gasteiger partial charge in [0.25, 0.3) is 0 Å². The van der Waals surface area contributed by atoms with Gasteiger partial charge in [0, 0.05) is 38.2 Å². The number of hydrogen-bond acceptors (Lipinski definition) is 5. The molecule has 206 valence electrons. The summed E-state index contributed by atoms with van der Waals surface area (Å²) in [5.74, 6) is 1.77. The van der Waals surface area contributed by atoms with Gasteiger partial charge in [-0.2, -0.15) is 0 Å². The molecule has 0 aliphatic heterocycles. The normalized spacial score (nSPS) is 11.6.